The summed E-state index contributed by atoms with van der Waals surface area (Å²) in [7, 11) is 1.61. The third-order valence-electron chi connectivity index (χ3n) is 8.74. The lowest BCUT2D eigenvalue weighted by Crippen LogP contribution is -2.47. The number of hydrogen-bond acceptors (Lipinski definition) is 7. The summed E-state index contributed by atoms with van der Waals surface area (Å²) < 4.78 is 11.2. The number of nitrogen functional groups attached to an aromatic ring is 1. The molecule has 11 nitrogen and oxygen atoms in total. The number of rotatable bonds is 14. The minimum atomic E-state index is -0.681. The average molecular weight is 726 g/mol. The molecular formula is C43H43N5O6. The van der Waals surface area contributed by atoms with Crippen LogP contribution in [0.15, 0.2) is 127 Å². The smallest absolute Gasteiger partial charge is 0.409 e. The van der Waals surface area contributed by atoms with E-state index in [1.165, 1.54) is 11.0 Å². The Labute approximate surface area is 314 Å². The zero-order chi connectivity index (χ0) is 38.6. The van der Waals surface area contributed by atoms with Crippen LogP contribution in [-0.4, -0.2) is 54.2 Å². The molecule has 54 heavy (non-hydrogen) atoms. The van der Waals surface area contributed by atoms with Gasteiger partial charge < -0.3 is 30.7 Å². The predicted molar refractivity (Wildman–Crippen MR) is 208 cm³/mol. The number of benzene rings is 5. The zero-order valence-electron chi connectivity index (χ0n) is 30.4. The highest BCUT2D eigenvalue weighted by atomic mass is 16.6. The average Bonchev–Trinajstić information content (AvgIpc) is 3.19. The van der Waals surface area contributed by atoms with Crippen LogP contribution in [0.1, 0.15) is 61.6 Å². The van der Waals surface area contributed by atoms with Crippen molar-refractivity contribution in [1.29, 1.82) is 5.41 Å². The molecule has 0 aromatic heterocycles. The molecule has 0 spiro atoms. The molecule has 0 fully saturated rings. The Morgan fingerprint density at radius 3 is 1.85 bits per heavy atom. The van der Waals surface area contributed by atoms with Gasteiger partial charge in [0.1, 0.15) is 19.0 Å². The van der Waals surface area contributed by atoms with E-state index in [-0.39, 0.29) is 48.2 Å². The number of nitrogens with one attached hydrogen (secondary N) is 3. The Bertz CT molecular complexity index is 2100. The van der Waals surface area contributed by atoms with Gasteiger partial charge in [-0.25, -0.2) is 9.59 Å². The molecule has 0 bridgehead atoms. The molecule has 3 amide bonds. The summed E-state index contributed by atoms with van der Waals surface area (Å²) in [4.78, 5) is 55.5. The van der Waals surface area contributed by atoms with Crippen molar-refractivity contribution in [3.63, 3.8) is 0 Å². The quantitative estimate of drug-likeness (QED) is 0.0531. The van der Waals surface area contributed by atoms with E-state index in [0.29, 0.717) is 22.4 Å². The topological polar surface area (TPSA) is 164 Å². The molecule has 0 aliphatic carbocycles. The maximum absolute atomic E-state index is 13.8. The van der Waals surface area contributed by atoms with Crippen LogP contribution in [0, 0.1) is 11.3 Å². The maximum atomic E-state index is 13.8. The normalized spacial score (nSPS) is 11.3. The third kappa shape index (κ3) is 10.2. The summed E-state index contributed by atoms with van der Waals surface area (Å²) in [6.07, 6.45) is -0.526. The van der Waals surface area contributed by atoms with Gasteiger partial charge in [-0.15, -0.1) is 0 Å². The van der Waals surface area contributed by atoms with E-state index in [9.17, 15) is 19.2 Å². The summed E-state index contributed by atoms with van der Waals surface area (Å²) in [6, 6.07) is 36.2. The first-order valence-electron chi connectivity index (χ1n) is 17.4. The molecule has 5 aromatic carbocycles. The second-order valence-corrected chi connectivity index (χ2v) is 13.1. The van der Waals surface area contributed by atoms with Gasteiger partial charge in [0, 0.05) is 42.0 Å². The monoisotopic (exact) mass is 725 g/mol. The van der Waals surface area contributed by atoms with Crippen molar-refractivity contribution in [3.05, 3.63) is 161 Å². The van der Waals surface area contributed by atoms with Crippen LogP contribution in [0.4, 0.5) is 10.5 Å². The largest absolute Gasteiger partial charge is 0.457 e. The van der Waals surface area contributed by atoms with Gasteiger partial charge in [-0.05, 0) is 70.6 Å². The van der Waals surface area contributed by atoms with Gasteiger partial charge in [-0.3, -0.25) is 15.0 Å². The Morgan fingerprint density at radius 1 is 0.685 bits per heavy atom. The second-order valence-electron chi connectivity index (χ2n) is 13.1. The Kier molecular flexibility index (Phi) is 12.9. The van der Waals surface area contributed by atoms with E-state index >= 15 is 0 Å². The minimum Gasteiger partial charge on any atom is -0.457 e. The Hall–Kier alpha value is -6.75. The lowest BCUT2D eigenvalue weighted by atomic mass is 9.93. The van der Waals surface area contributed by atoms with Crippen LogP contribution < -0.4 is 16.4 Å². The summed E-state index contributed by atoms with van der Waals surface area (Å²) in [5, 5.41) is 13.5. The summed E-state index contributed by atoms with van der Waals surface area (Å²) in [5.74, 6) is -1.72. The molecule has 0 heterocycles. The molecule has 0 aliphatic rings. The number of amidine groups is 1. The van der Waals surface area contributed by atoms with Crippen LogP contribution in [0.3, 0.4) is 0 Å². The summed E-state index contributed by atoms with van der Waals surface area (Å²) in [5.41, 5.74) is 9.62. The van der Waals surface area contributed by atoms with Crippen LogP contribution in [0.25, 0.3) is 11.1 Å². The molecule has 5 aromatic rings. The van der Waals surface area contributed by atoms with E-state index in [1.807, 2.05) is 74.5 Å². The van der Waals surface area contributed by atoms with Crippen LogP contribution in [-0.2, 0) is 22.7 Å². The van der Waals surface area contributed by atoms with Crippen molar-refractivity contribution in [2.24, 2.45) is 11.7 Å². The van der Waals surface area contributed by atoms with Gasteiger partial charge in [0.15, 0.2) is 0 Å². The molecule has 5 rings (SSSR count). The van der Waals surface area contributed by atoms with Crippen LogP contribution in [0.5, 0.6) is 0 Å². The van der Waals surface area contributed by atoms with E-state index in [0.717, 1.165) is 11.1 Å². The van der Waals surface area contributed by atoms with Gasteiger partial charge >= 0.3 is 12.1 Å². The van der Waals surface area contributed by atoms with Gasteiger partial charge in [0.05, 0.1) is 5.56 Å². The van der Waals surface area contributed by atoms with Gasteiger partial charge in [-0.2, -0.15) is 0 Å². The molecule has 1 unspecified atom stereocenters. The molecule has 0 saturated carbocycles. The first-order chi connectivity index (χ1) is 26.0. The lowest BCUT2D eigenvalue weighted by molar-refractivity contribution is 0.0473. The van der Waals surface area contributed by atoms with E-state index < -0.39 is 29.9 Å². The highest BCUT2D eigenvalue weighted by molar-refractivity contribution is 6.11. The number of nitrogens with zero attached hydrogens (tertiary/aromatic N) is 1. The molecule has 0 saturated heterocycles. The molecular weight excluding hydrogens is 683 g/mol. The maximum Gasteiger partial charge on any atom is 0.409 e. The molecule has 0 radical (unpaired) electrons. The number of nitrogens with two attached hydrogens (primary N) is 1. The molecule has 0 aliphatic heterocycles. The predicted octanol–water partition coefficient (Wildman–Crippen LogP) is 7.27. The number of hydrogen-bond donors (Lipinski definition) is 4. The third-order valence-corrected chi connectivity index (χ3v) is 8.74. The first kappa shape index (κ1) is 38.5. The number of carbonyl (C=O) groups is 4. The SMILES string of the molecule is CC(C)C(CN(C)C(=O)OCc1ccccc1)NC(=O)c1ccc(-c2ccccc2C(=O)Nc2ccc(C(=N)N)cc2)c(C(=O)OCc2ccccc2)c1. The minimum absolute atomic E-state index is 0.00391. The standard InChI is InChI=1S/C43H43N5O6/c1-28(2)38(25-48(3)43(52)54-27-30-14-8-5-9-15-30)47-40(49)32-20-23-35(37(24-32)42(51)53-26-29-12-6-4-7-13-29)34-16-10-11-17-36(34)41(50)46-33-21-18-31(19-22-33)39(44)45/h4-24,28,38H,25-27H2,1-3H3,(H3,44,45)(H,46,50)(H,47,49). The first-order valence-corrected chi connectivity index (χ1v) is 17.4. The fourth-order valence-corrected chi connectivity index (χ4v) is 5.61. The number of anilines is 1. The number of esters is 1. The van der Waals surface area contributed by atoms with Crippen molar-refractivity contribution >= 4 is 35.4 Å². The number of likely N-dealkylation sites (N-methyl/N-ethyl adjacent to an activating group) is 1. The molecule has 5 N–H and O–H groups in total. The van der Waals surface area contributed by atoms with Crippen molar-refractivity contribution in [2.45, 2.75) is 33.1 Å². The van der Waals surface area contributed by atoms with E-state index in [4.69, 9.17) is 20.6 Å². The molecule has 276 valence electrons. The van der Waals surface area contributed by atoms with Gasteiger partial charge in [-0.1, -0.05) is 98.8 Å². The van der Waals surface area contributed by atoms with E-state index in [1.54, 1.807) is 67.7 Å². The number of carbonyl (C=O) groups excluding carboxylic acids is 4. The highest BCUT2D eigenvalue weighted by Crippen LogP contribution is 2.30. The van der Waals surface area contributed by atoms with E-state index in [2.05, 4.69) is 10.6 Å². The molecule has 11 heteroatoms. The lowest BCUT2D eigenvalue weighted by Gasteiger charge is -2.27. The highest BCUT2D eigenvalue weighted by Gasteiger charge is 2.25. The van der Waals surface area contributed by atoms with Crippen molar-refractivity contribution in [1.82, 2.24) is 10.2 Å². The second kappa shape index (κ2) is 18.1. The summed E-state index contributed by atoms with van der Waals surface area (Å²) in [6.45, 7) is 4.17. The van der Waals surface area contributed by atoms with Crippen molar-refractivity contribution < 1.29 is 28.7 Å². The van der Waals surface area contributed by atoms with Gasteiger partial charge in [0.25, 0.3) is 11.8 Å². The van der Waals surface area contributed by atoms with Crippen molar-refractivity contribution in [3.8, 4) is 11.1 Å². The summed E-state index contributed by atoms with van der Waals surface area (Å²) >= 11 is 0. The van der Waals surface area contributed by atoms with Crippen LogP contribution >= 0.6 is 0 Å². The number of amides is 3. The fourth-order valence-electron chi connectivity index (χ4n) is 5.61. The Morgan fingerprint density at radius 2 is 1.24 bits per heavy atom. The van der Waals surface area contributed by atoms with Crippen LogP contribution in [0.2, 0.25) is 0 Å². The molecule has 1 atom stereocenters. The number of ether oxygens (including phenoxy) is 2. The Balaban J connectivity index is 1.39. The van der Waals surface area contributed by atoms with Gasteiger partial charge in [0.2, 0.25) is 0 Å². The van der Waals surface area contributed by atoms with Crippen molar-refractivity contribution in [2.75, 3.05) is 18.9 Å². The zero-order valence-corrected chi connectivity index (χ0v) is 30.4. The fraction of sp³-hybridized carbons (Fsp3) is 0.186.